The molecule has 1 aliphatic heterocycles. The van der Waals surface area contributed by atoms with Crippen molar-refractivity contribution in [2.45, 2.75) is 20.3 Å². The lowest BCUT2D eigenvalue weighted by Gasteiger charge is -2.33. The zero-order chi connectivity index (χ0) is 19.1. The van der Waals surface area contributed by atoms with E-state index in [-0.39, 0.29) is 30.7 Å². The first kappa shape index (κ1) is 19.4. The fourth-order valence-corrected chi connectivity index (χ4v) is 2.84. The second-order valence-electron chi connectivity index (χ2n) is 6.17. The third-order valence-electron chi connectivity index (χ3n) is 4.24. The number of carbonyl (C=O) groups is 4. The van der Waals surface area contributed by atoms with Crippen molar-refractivity contribution >= 4 is 35.5 Å². The number of amides is 4. The van der Waals surface area contributed by atoms with Gasteiger partial charge in [-0.1, -0.05) is 0 Å². The Hall–Kier alpha value is -2.90. The van der Waals surface area contributed by atoms with E-state index in [0.717, 1.165) is 6.41 Å². The second kappa shape index (κ2) is 8.98. The first-order valence-corrected chi connectivity index (χ1v) is 8.53. The molecule has 1 aromatic rings. The maximum atomic E-state index is 12.4. The van der Waals surface area contributed by atoms with Crippen molar-refractivity contribution in [2.24, 2.45) is 0 Å². The summed E-state index contributed by atoms with van der Waals surface area (Å²) >= 11 is 0. The van der Waals surface area contributed by atoms with Gasteiger partial charge in [0.05, 0.1) is 0 Å². The summed E-state index contributed by atoms with van der Waals surface area (Å²) in [7, 11) is 0. The van der Waals surface area contributed by atoms with Crippen LogP contribution in [-0.4, -0.2) is 66.7 Å². The largest absolute Gasteiger partial charge is 0.342 e. The van der Waals surface area contributed by atoms with Crippen LogP contribution in [0.4, 0.5) is 11.4 Å². The maximum Gasteiger partial charge on any atom is 0.224 e. The number of carbonyl (C=O) groups excluding carboxylic acids is 4. The van der Waals surface area contributed by atoms with Crippen LogP contribution in [0.2, 0.25) is 0 Å². The molecule has 8 heteroatoms. The minimum Gasteiger partial charge on any atom is -0.342 e. The van der Waals surface area contributed by atoms with E-state index in [9.17, 15) is 19.2 Å². The molecule has 0 spiro atoms. The molecule has 0 radical (unpaired) electrons. The molecule has 0 unspecified atom stereocenters. The van der Waals surface area contributed by atoms with Crippen LogP contribution >= 0.6 is 0 Å². The Balaban J connectivity index is 1.93. The van der Waals surface area contributed by atoms with Crippen LogP contribution in [0.5, 0.6) is 0 Å². The quantitative estimate of drug-likeness (QED) is 0.756. The van der Waals surface area contributed by atoms with E-state index in [0.29, 0.717) is 37.6 Å². The van der Waals surface area contributed by atoms with Crippen LogP contribution in [0.3, 0.4) is 0 Å². The number of nitrogens with zero attached hydrogens (tertiary/aromatic N) is 3. The van der Waals surface area contributed by atoms with Crippen LogP contribution in [0, 0.1) is 0 Å². The summed E-state index contributed by atoms with van der Waals surface area (Å²) in [5.74, 6) is -0.353. The number of anilines is 2. The normalized spacial score (nSPS) is 13.9. The van der Waals surface area contributed by atoms with Crippen molar-refractivity contribution < 1.29 is 19.2 Å². The highest BCUT2D eigenvalue weighted by molar-refractivity contribution is 5.93. The third-order valence-corrected chi connectivity index (χ3v) is 4.24. The van der Waals surface area contributed by atoms with E-state index < -0.39 is 0 Å². The molecule has 1 heterocycles. The summed E-state index contributed by atoms with van der Waals surface area (Å²) in [5.41, 5.74) is 1.32. The summed E-state index contributed by atoms with van der Waals surface area (Å²) in [6, 6.07) is 6.90. The monoisotopic (exact) mass is 360 g/mol. The molecule has 2 rings (SSSR count). The van der Waals surface area contributed by atoms with Crippen molar-refractivity contribution in [1.82, 2.24) is 9.80 Å². The molecular formula is C18H24N4O4. The van der Waals surface area contributed by atoms with E-state index in [4.69, 9.17) is 0 Å². The average molecular weight is 360 g/mol. The molecule has 0 bridgehead atoms. The number of hydrogen-bond donors (Lipinski definition) is 1. The van der Waals surface area contributed by atoms with Gasteiger partial charge in [-0.3, -0.25) is 19.2 Å². The highest BCUT2D eigenvalue weighted by Gasteiger charge is 2.21. The highest BCUT2D eigenvalue weighted by atomic mass is 16.2. The van der Waals surface area contributed by atoms with Crippen molar-refractivity contribution in [3.05, 3.63) is 24.3 Å². The summed E-state index contributed by atoms with van der Waals surface area (Å²) < 4.78 is 0. The molecule has 1 aliphatic rings. The minimum atomic E-state index is -0.165. The molecule has 8 nitrogen and oxygen atoms in total. The summed E-state index contributed by atoms with van der Waals surface area (Å²) in [6.07, 6.45) is 1.01. The van der Waals surface area contributed by atoms with Gasteiger partial charge < -0.3 is 20.0 Å². The molecule has 0 saturated carbocycles. The molecule has 0 atom stereocenters. The molecule has 1 saturated heterocycles. The van der Waals surface area contributed by atoms with Gasteiger partial charge in [0.25, 0.3) is 0 Å². The van der Waals surface area contributed by atoms with Crippen LogP contribution < -0.4 is 10.2 Å². The minimum absolute atomic E-state index is 0.0309. The molecule has 1 fully saturated rings. The Kier molecular flexibility index (Phi) is 6.71. The molecule has 0 aliphatic carbocycles. The summed E-state index contributed by atoms with van der Waals surface area (Å²) in [6.45, 7) is 5.27. The lowest BCUT2D eigenvalue weighted by Crippen LogP contribution is -2.48. The number of hydrogen-bond acceptors (Lipinski definition) is 4. The number of rotatable bonds is 6. The van der Waals surface area contributed by atoms with Gasteiger partial charge in [0, 0.05) is 64.4 Å². The van der Waals surface area contributed by atoms with Crippen LogP contribution in [0.25, 0.3) is 0 Å². The number of benzene rings is 1. The van der Waals surface area contributed by atoms with Gasteiger partial charge in [-0.25, -0.2) is 0 Å². The van der Waals surface area contributed by atoms with E-state index in [1.54, 1.807) is 34.1 Å². The van der Waals surface area contributed by atoms with Crippen molar-refractivity contribution in [3.8, 4) is 0 Å². The van der Waals surface area contributed by atoms with Crippen LogP contribution in [-0.2, 0) is 19.2 Å². The van der Waals surface area contributed by atoms with E-state index in [1.165, 1.54) is 18.7 Å². The van der Waals surface area contributed by atoms with Gasteiger partial charge in [0.2, 0.25) is 24.1 Å². The van der Waals surface area contributed by atoms with Gasteiger partial charge in [-0.05, 0) is 24.3 Å². The predicted octanol–water partition coefficient (Wildman–Crippen LogP) is 0.689. The molecular weight excluding hydrogens is 336 g/mol. The molecule has 1 N–H and O–H groups in total. The number of nitrogens with one attached hydrogen (secondary N) is 1. The Morgan fingerprint density at radius 3 is 2.19 bits per heavy atom. The maximum absolute atomic E-state index is 12.4. The standard InChI is InChI=1S/C18H24N4O4/c1-14(24)19-16-3-5-17(6-4-16)22(15(2)25)8-7-18(26)21-11-9-20(13-23)10-12-21/h3-6,13H,7-12H2,1-2H3,(H,19,24). The Morgan fingerprint density at radius 2 is 1.69 bits per heavy atom. The topological polar surface area (TPSA) is 90.0 Å². The van der Waals surface area contributed by atoms with Crippen molar-refractivity contribution in [1.29, 1.82) is 0 Å². The lowest BCUT2D eigenvalue weighted by molar-refractivity contribution is -0.135. The van der Waals surface area contributed by atoms with Gasteiger partial charge in [0.1, 0.15) is 0 Å². The second-order valence-corrected chi connectivity index (χ2v) is 6.17. The molecule has 0 aromatic heterocycles. The summed E-state index contributed by atoms with van der Waals surface area (Å²) in [5, 5.41) is 2.67. The van der Waals surface area contributed by atoms with E-state index in [1.807, 2.05) is 0 Å². The van der Waals surface area contributed by atoms with Gasteiger partial charge >= 0.3 is 0 Å². The highest BCUT2D eigenvalue weighted by Crippen LogP contribution is 2.19. The van der Waals surface area contributed by atoms with Gasteiger partial charge in [-0.2, -0.15) is 0 Å². The van der Waals surface area contributed by atoms with E-state index in [2.05, 4.69) is 5.32 Å². The fourth-order valence-electron chi connectivity index (χ4n) is 2.84. The van der Waals surface area contributed by atoms with Gasteiger partial charge in [0.15, 0.2) is 0 Å². The Labute approximate surface area is 152 Å². The smallest absolute Gasteiger partial charge is 0.224 e. The Morgan fingerprint density at radius 1 is 1.08 bits per heavy atom. The first-order valence-electron chi connectivity index (χ1n) is 8.53. The molecule has 4 amide bonds. The van der Waals surface area contributed by atoms with Crippen molar-refractivity contribution in [3.63, 3.8) is 0 Å². The zero-order valence-electron chi connectivity index (χ0n) is 15.1. The lowest BCUT2D eigenvalue weighted by atomic mass is 10.2. The fraction of sp³-hybridized carbons (Fsp3) is 0.444. The van der Waals surface area contributed by atoms with Gasteiger partial charge in [-0.15, -0.1) is 0 Å². The zero-order valence-corrected chi connectivity index (χ0v) is 15.1. The van der Waals surface area contributed by atoms with E-state index >= 15 is 0 Å². The Bertz CT molecular complexity index is 666. The third kappa shape index (κ3) is 5.30. The predicted molar refractivity (Wildman–Crippen MR) is 97.6 cm³/mol. The molecule has 1 aromatic carbocycles. The average Bonchev–Trinajstić information content (AvgIpc) is 2.62. The first-order chi connectivity index (χ1) is 12.4. The number of piperazine rings is 1. The SMILES string of the molecule is CC(=O)Nc1ccc(N(CCC(=O)N2CCN(C=O)CC2)C(C)=O)cc1. The van der Waals surface area contributed by atoms with Crippen LogP contribution in [0.15, 0.2) is 24.3 Å². The summed E-state index contributed by atoms with van der Waals surface area (Å²) in [4.78, 5) is 51.0. The van der Waals surface area contributed by atoms with Crippen molar-refractivity contribution in [2.75, 3.05) is 42.9 Å². The molecule has 140 valence electrons. The van der Waals surface area contributed by atoms with Crippen LogP contribution in [0.1, 0.15) is 20.3 Å². The molecule has 26 heavy (non-hydrogen) atoms.